The Morgan fingerprint density at radius 2 is 1.88 bits per heavy atom. The van der Waals surface area contributed by atoms with Crippen molar-refractivity contribution in [3.63, 3.8) is 0 Å². The van der Waals surface area contributed by atoms with Crippen LogP contribution in [0.15, 0.2) is 53.5 Å². The number of ether oxygens (including phenoxy) is 2. The van der Waals surface area contributed by atoms with Gasteiger partial charge < -0.3 is 24.5 Å². The molecular formula is C20H21N3O3. The number of fused-ring (bicyclic) bond motifs is 1. The van der Waals surface area contributed by atoms with Crippen LogP contribution >= 0.6 is 0 Å². The third kappa shape index (κ3) is 3.42. The quantitative estimate of drug-likeness (QED) is 0.691. The number of anilines is 1. The van der Waals surface area contributed by atoms with Crippen LogP contribution in [0.5, 0.6) is 5.88 Å². The summed E-state index contributed by atoms with van der Waals surface area (Å²) in [6.07, 6.45) is 1.52. The molecule has 2 N–H and O–H groups in total. The molecule has 26 heavy (non-hydrogen) atoms. The van der Waals surface area contributed by atoms with Crippen molar-refractivity contribution in [2.24, 2.45) is 4.99 Å². The summed E-state index contributed by atoms with van der Waals surface area (Å²) in [6, 6.07) is 15.7. The van der Waals surface area contributed by atoms with Crippen LogP contribution in [0.4, 0.5) is 11.4 Å². The average Bonchev–Trinajstić information content (AvgIpc) is 3.27. The number of benzene rings is 2. The Balaban J connectivity index is 1.48. The summed E-state index contributed by atoms with van der Waals surface area (Å²) in [4.78, 5) is 9.54. The maximum Gasteiger partial charge on any atom is 0.198 e. The first-order valence-electron chi connectivity index (χ1n) is 8.59. The highest BCUT2D eigenvalue weighted by Gasteiger charge is 2.18. The molecule has 1 aliphatic rings. The minimum absolute atomic E-state index is 0.128. The zero-order valence-electron chi connectivity index (χ0n) is 14.6. The SMILES string of the molecule is CN(CC1OCCO1)c1ccc(N=Cc2c(O)[nH]c3ccccc23)cc1. The highest BCUT2D eigenvalue weighted by Crippen LogP contribution is 2.26. The van der Waals surface area contributed by atoms with Crippen molar-refractivity contribution >= 4 is 28.5 Å². The molecule has 4 rings (SSSR count). The number of rotatable bonds is 5. The second-order valence-electron chi connectivity index (χ2n) is 6.26. The molecule has 134 valence electrons. The minimum atomic E-state index is -0.164. The van der Waals surface area contributed by atoms with Crippen molar-refractivity contribution in [1.29, 1.82) is 0 Å². The summed E-state index contributed by atoms with van der Waals surface area (Å²) in [5.41, 5.74) is 3.47. The van der Waals surface area contributed by atoms with Crippen molar-refractivity contribution in [2.75, 3.05) is 31.7 Å². The molecular weight excluding hydrogens is 330 g/mol. The molecule has 1 aromatic heterocycles. The number of H-pyrrole nitrogens is 1. The van der Waals surface area contributed by atoms with Crippen LogP contribution in [0, 0.1) is 0 Å². The molecule has 0 bridgehead atoms. The Bertz CT molecular complexity index is 912. The van der Waals surface area contributed by atoms with Crippen molar-refractivity contribution in [3.05, 3.63) is 54.1 Å². The van der Waals surface area contributed by atoms with E-state index < -0.39 is 0 Å². The second kappa shape index (κ2) is 7.19. The van der Waals surface area contributed by atoms with Gasteiger partial charge in [0.25, 0.3) is 0 Å². The van der Waals surface area contributed by atoms with E-state index in [2.05, 4.69) is 14.9 Å². The van der Waals surface area contributed by atoms with Gasteiger partial charge in [0.1, 0.15) is 0 Å². The summed E-state index contributed by atoms with van der Waals surface area (Å²) in [7, 11) is 2.01. The van der Waals surface area contributed by atoms with Gasteiger partial charge >= 0.3 is 0 Å². The summed E-state index contributed by atoms with van der Waals surface area (Å²) < 4.78 is 11.0. The van der Waals surface area contributed by atoms with Crippen LogP contribution in [-0.4, -0.2) is 49.4 Å². The van der Waals surface area contributed by atoms with E-state index in [1.807, 2.05) is 55.6 Å². The van der Waals surface area contributed by atoms with Crippen molar-refractivity contribution < 1.29 is 14.6 Å². The third-order valence-corrected chi connectivity index (χ3v) is 4.47. The molecule has 0 atom stereocenters. The fraction of sp³-hybridized carbons (Fsp3) is 0.250. The number of aliphatic imine (C=N–C) groups is 1. The first-order valence-corrected chi connectivity index (χ1v) is 8.59. The lowest BCUT2D eigenvalue weighted by molar-refractivity contribution is -0.0336. The van der Waals surface area contributed by atoms with Gasteiger partial charge in [-0.25, -0.2) is 0 Å². The van der Waals surface area contributed by atoms with Crippen molar-refractivity contribution in [2.45, 2.75) is 6.29 Å². The molecule has 0 radical (unpaired) electrons. The Morgan fingerprint density at radius 3 is 2.65 bits per heavy atom. The smallest absolute Gasteiger partial charge is 0.198 e. The lowest BCUT2D eigenvalue weighted by Gasteiger charge is -2.22. The predicted molar refractivity (Wildman–Crippen MR) is 103 cm³/mol. The molecule has 3 aromatic rings. The summed E-state index contributed by atoms with van der Waals surface area (Å²) in [6.45, 7) is 2.01. The Morgan fingerprint density at radius 1 is 1.15 bits per heavy atom. The van der Waals surface area contributed by atoms with Crippen LogP contribution in [0.3, 0.4) is 0 Å². The van der Waals surface area contributed by atoms with E-state index in [4.69, 9.17) is 9.47 Å². The molecule has 6 heteroatoms. The van der Waals surface area contributed by atoms with Crippen molar-refractivity contribution in [1.82, 2.24) is 4.98 Å². The third-order valence-electron chi connectivity index (χ3n) is 4.47. The van der Waals surface area contributed by atoms with E-state index in [1.54, 1.807) is 6.21 Å². The number of para-hydroxylation sites is 1. The zero-order chi connectivity index (χ0) is 17.9. The Hall–Kier alpha value is -2.83. The van der Waals surface area contributed by atoms with E-state index in [0.29, 0.717) is 25.3 Å². The molecule has 0 unspecified atom stereocenters. The number of hydrogen-bond acceptors (Lipinski definition) is 5. The first-order chi connectivity index (χ1) is 12.7. The van der Waals surface area contributed by atoms with Gasteiger partial charge in [-0.15, -0.1) is 0 Å². The number of aromatic amines is 1. The average molecular weight is 351 g/mol. The van der Waals surface area contributed by atoms with Gasteiger partial charge in [0.05, 0.1) is 31.0 Å². The molecule has 0 aliphatic carbocycles. The van der Waals surface area contributed by atoms with E-state index in [1.165, 1.54) is 0 Å². The van der Waals surface area contributed by atoms with Gasteiger partial charge in [-0.2, -0.15) is 0 Å². The standard InChI is InChI=1S/C20H21N3O3/c1-23(13-19-25-10-11-26-19)15-8-6-14(7-9-15)21-12-17-16-4-2-3-5-18(16)22-20(17)24/h2-9,12,19,22,24H,10-11,13H2,1H3. The summed E-state index contributed by atoms with van der Waals surface area (Å²) >= 11 is 0. The Labute approximate surface area is 151 Å². The highest BCUT2D eigenvalue weighted by atomic mass is 16.7. The fourth-order valence-corrected chi connectivity index (χ4v) is 3.05. The van der Waals surface area contributed by atoms with Crippen molar-refractivity contribution in [3.8, 4) is 5.88 Å². The second-order valence-corrected chi connectivity index (χ2v) is 6.26. The van der Waals surface area contributed by atoms with Crippen LogP contribution in [0.25, 0.3) is 10.9 Å². The number of nitrogens with one attached hydrogen (secondary N) is 1. The van der Waals surface area contributed by atoms with E-state index >= 15 is 0 Å². The number of hydrogen-bond donors (Lipinski definition) is 2. The van der Waals surface area contributed by atoms with E-state index in [-0.39, 0.29) is 12.2 Å². The number of aromatic hydroxyl groups is 1. The molecule has 0 amide bonds. The predicted octanol–water partition coefficient (Wildman–Crippen LogP) is 3.43. The molecule has 1 aliphatic heterocycles. The maximum atomic E-state index is 10.1. The first kappa shape index (κ1) is 16.6. The lowest BCUT2D eigenvalue weighted by atomic mass is 10.2. The molecule has 0 saturated carbocycles. The van der Waals surface area contributed by atoms with Gasteiger partial charge in [0.2, 0.25) is 0 Å². The highest BCUT2D eigenvalue weighted by molar-refractivity contribution is 6.02. The monoisotopic (exact) mass is 351 g/mol. The molecule has 2 heterocycles. The number of likely N-dealkylation sites (N-methyl/N-ethyl adjacent to an activating group) is 1. The van der Waals surface area contributed by atoms with Crippen LogP contribution in [0.1, 0.15) is 5.56 Å². The topological polar surface area (TPSA) is 70.1 Å². The van der Waals surface area contributed by atoms with Gasteiger partial charge in [0.15, 0.2) is 12.2 Å². The normalized spacial score (nSPS) is 15.3. The van der Waals surface area contributed by atoms with Gasteiger partial charge in [-0.3, -0.25) is 4.99 Å². The summed E-state index contributed by atoms with van der Waals surface area (Å²) in [5.74, 6) is 0.128. The van der Waals surface area contributed by atoms with Crippen LogP contribution in [-0.2, 0) is 9.47 Å². The van der Waals surface area contributed by atoms with Crippen LogP contribution in [0.2, 0.25) is 0 Å². The lowest BCUT2D eigenvalue weighted by Crippen LogP contribution is -2.29. The fourth-order valence-electron chi connectivity index (χ4n) is 3.05. The molecule has 1 saturated heterocycles. The molecule has 6 nitrogen and oxygen atoms in total. The number of aromatic nitrogens is 1. The Kier molecular flexibility index (Phi) is 4.60. The van der Waals surface area contributed by atoms with Gasteiger partial charge in [0, 0.05) is 29.9 Å². The largest absolute Gasteiger partial charge is 0.494 e. The number of nitrogens with zero attached hydrogens (tertiary/aromatic N) is 2. The maximum absolute atomic E-state index is 10.1. The minimum Gasteiger partial charge on any atom is -0.494 e. The molecule has 1 fully saturated rings. The molecule has 2 aromatic carbocycles. The zero-order valence-corrected chi connectivity index (χ0v) is 14.6. The van der Waals surface area contributed by atoms with Crippen LogP contribution < -0.4 is 4.90 Å². The molecule has 0 spiro atoms. The van der Waals surface area contributed by atoms with E-state index in [9.17, 15) is 5.11 Å². The summed E-state index contributed by atoms with van der Waals surface area (Å²) in [5, 5.41) is 11.0. The van der Waals surface area contributed by atoms with Gasteiger partial charge in [-0.1, -0.05) is 18.2 Å². The van der Waals surface area contributed by atoms with E-state index in [0.717, 1.165) is 22.3 Å². The van der Waals surface area contributed by atoms with Gasteiger partial charge in [-0.05, 0) is 30.3 Å².